The number of amides is 1. The first kappa shape index (κ1) is 14.2. The van der Waals surface area contributed by atoms with Crippen LogP contribution in [0, 0.1) is 0 Å². The molecule has 0 aliphatic heterocycles. The normalized spacial score (nSPS) is 9.95. The zero-order valence-corrected chi connectivity index (χ0v) is 11.9. The second kappa shape index (κ2) is 6.30. The van der Waals surface area contributed by atoms with Crippen LogP contribution in [0.15, 0.2) is 42.5 Å². The smallest absolute Gasteiger partial charge is 0.257 e. The Kier molecular flexibility index (Phi) is 4.48. The van der Waals surface area contributed by atoms with Crippen LogP contribution in [0.5, 0.6) is 11.5 Å². The fourth-order valence-electron chi connectivity index (χ4n) is 1.74. The highest BCUT2D eigenvalue weighted by Crippen LogP contribution is 2.28. The first-order valence-corrected chi connectivity index (χ1v) is 6.31. The Labute approximate surface area is 122 Å². The van der Waals surface area contributed by atoms with Gasteiger partial charge in [-0.25, -0.2) is 0 Å². The van der Waals surface area contributed by atoms with E-state index in [1.54, 1.807) is 49.6 Å². The number of benzene rings is 2. The predicted octanol–water partition coefficient (Wildman–Crippen LogP) is 3.61. The van der Waals surface area contributed by atoms with E-state index in [-0.39, 0.29) is 10.9 Å². The number of hydrogen-bond acceptors (Lipinski definition) is 3. The Morgan fingerprint density at radius 1 is 1.10 bits per heavy atom. The van der Waals surface area contributed by atoms with Gasteiger partial charge in [-0.2, -0.15) is 0 Å². The van der Waals surface area contributed by atoms with Gasteiger partial charge in [0.05, 0.1) is 24.8 Å². The lowest BCUT2D eigenvalue weighted by Gasteiger charge is -2.10. The lowest BCUT2D eigenvalue weighted by molar-refractivity contribution is 0.102. The van der Waals surface area contributed by atoms with E-state index >= 15 is 0 Å². The minimum absolute atomic E-state index is 0.287. The van der Waals surface area contributed by atoms with E-state index in [2.05, 4.69) is 5.32 Å². The average Bonchev–Trinajstić information content (AvgIpc) is 2.47. The van der Waals surface area contributed by atoms with Gasteiger partial charge in [-0.05, 0) is 24.3 Å². The van der Waals surface area contributed by atoms with Crippen LogP contribution in [0.3, 0.4) is 0 Å². The van der Waals surface area contributed by atoms with E-state index in [0.29, 0.717) is 22.7 Å². The number of ether oxygens (including phenoxy) is 2. The summed E-state index contributed by atoms with van der Waals surface area (Å²) in [5.74, 6) is 0.826. The molecular formula is C15H14ClNO3. The molecule has 0 heterocycles. The molecule has 4 nitrogen and oxygen atoms in total. The molecule has 2 rings (SSSR count). The molecule has 2 aromatic carbocycles. The van der Waals surface area contributed by atoms with Crippen molar-refractivity contribution in [2.24, 2.45) is 0 Å². The van der Waals surface area contributed by atoms with Crippen LogP contribution in [-0.2, 0) is 0 Å². The molecule has 2 aromatic rings. The SMILES string of the molecule is COc1cccc(NC(=O)c2cccc(OC)c2Cl)c1. The zero-order valence-electron chi connectivity index (χ0n) is 11.1. The van der Waals surface area contributed by atoms with Crippen LogP contribution < -0.4 is 14.8 Å². The van der Waals surface area contributed by atoms with Crippen LogP contribution >= 0.6 is 11.6 Å². The number of hydrogen-bond donors (Lipinski definition) is 1. The fraction of sp³-hybridized carbons (Fsp3) is 0.133. The highest BCUT2D eigenvalue weighted by molar-refractivity contribution is 6.35. The van der Waals surface area contributed by atoms with Crippen LogP contribution in [0.25, 0.3) is 0 Å². The first-order chi connectivity index (χ1) is 9.65. The molecule has 5 heteroatoms. The summed E-state index contributed by atoms with van der Waals surface area (Å²) < 4.78 is 10.2. The van der Waals surface area contributed by atoms with Gasteiger partial charge in [-0.3, -0.25) is 4.79 Å². The molecule has 0 aliphatic rings. The number of methoxy groups -OCH3 is 2. The second-order valence-electron chi connectivity index (χ2n) is 4.01. The molecule has 1 amide bonds. The van der Waals surface area contributed by atoms with E-state index in [1.165, 1.54) is 7.11 Å². The summed E-state index contributed by atoms with van der Waals surface area (Å²) in [5.41, 5.74) is 0.988. The lowest BCUT2D eigenvalue weighted by Crippen LogP contribution is -2.12. The van der Waals surface area contributed by atoms with Crippen molar-refractivity contribution in [2.75, 3.05) is 19.5 Å². The minimum atomic E-state index is -0.304. The van der Waals surface area contributed by atoms with E-state index in [1.807, 2.05) is 0 Å². The average molecular weight is 292 g/mol. The Morgan fingerprint density at radius 2 is 1.85 bits per heavy atom. The molecule has 0 aliphatic carbocycles. The van der Waals surface area contributed by atoms with Gasteiger partial charge < -0.3 is 14.8 Å². The van der Waals surface area contributed by atoms with Crippen molar-refractivity contribution >= 4 is 23.2 Å². The van der Waals surface area contributed by atoms with Gasteiger partial charge in [0.25, 0.3) is 5.91 Å². The summed E-state index contributed by atoms with van der Waals surface area (Å²) in [6.45, 7) is 0. The van der Waals surface area contributed by atoms with Crippen LogP contribution in [0.1, 0.15) is 10.4 Å². The van der Waals surface area contributed by atoms with Crippen molar-refractivity contribution < 1.29 is 14.3 Å². The molecule has 0 radical (unpaired) electrons. The topological polar surface area (TPSA) is 47.6 Å². The van der Waals surface area contributed by atoms with Gasteiger partial charge in [0.15, 0.2) is 0 Å². The molecule has 104 valence electrons. The summed E-state index contributed by atoms with van der Waals surface area (Å²) in [5, 5.41) is 3.05. The Morgan fingerprint density at radius 3 is 2.55 bits per heavy atom. The third-order valence-electron chi connectivity index (χ3n) is 2.76. The number of carbonyl (C=O) groups is 1. The third-order valence-corrected chi connectivity index (χ3v) is 3.15. The fourth-order valence-corrected chi connectivity index (χ4v) is 2.03. The summed E-state index contributed by atoms with van der Waals surface area (Å²) in [6, 6.07) is 12.1. The van der Waals surface area contributed by atoms with Crippen molar-refractivity contribution in [2.45, 2.75) is 0 Å². The molecule has 1 N–H and O–H groups in total. The second-order valence-corrected chi connectivity index (χ2v) is 4.39. The number of halogens is 1. The Balaban J connectivity index is 2.24. The molecule has 0 bridgehead atoms. The molecule has 0 fully saturated rings. The van der Waals surface area contributed by atoms with Crippen molar-refractivity contribution in [3.05, 3.63) is 53.1 Å². The van der Waals surface area contributed by atoms with Crippen LogP contribution in [0.4, 0.5) is 5.69 Å². The molecule has 0 atom stereocenters. The predicted molar refractivity (Wildman–Crippen MR) is 79.0 cm³/mol. The Hall–Kier alpha value is -2.20. The van der Waals surface area contributed by atoms with Crippen LogP contribution in [0.2, 0.25) is 5.02 Å². The highest BCUT2D eigenvalue weighted by Gasteiger charge is 2.14. The lowest BCUT2D eigenvalue weighted by atomic mass is 10.2. The zero-order chi connectivity index (χ0) is 14.5. The highest BCUT2D eigenvalue weighted by atomic mass is 35.5. The largest absolute Gasteiger partial charge is 0.497 e. The van der Waals surface area contributed by atoms with Crippen molar-refractivity contribution in [3.8, 4) is 11.5 Å². The maximum atomic E-state index is 12.2. The van der Waals surface area contributed by atoms with Gasteiger partial charge in [-0.15, -0.1) is 0 Å². The van der Waals surface area contributed by atoms with Gasteiger partial charge in [0.2, 0.25) is 0 Å². The van der Waals surface area contributed by atoms with Gasteiger partial charge in [0.1, 0.15) is 11.5 Å². The third kappa shape index (κ3) is 3.03. The molecule has 20 heavy (non-hydrogen) atoms. The van der Waals surface area contributed by atoms with Crippen molar-refractivity contribution in [3.63, 3.8) is 0 Å². The van der Waals surface area contributed by atoms with E-state index < -0.39 is 0 Å². The number of rotatable bonds is 4. The molecular weight excluding hydrogens is 278 g/mol. The monoisotopic (exact) mass is 291 g/mol. The maximum Gasteiger partial charge on any atom is 0.257 e. The number of carbonyl (C=O) groups excluding carboxylic acids is 1. The summed E-state index contributed by atoms with van der Waals surface area (Å²) in [7, 11) is 3.07. The van der Waals surface area contributed by atoms with Gasteiger partial charge in [-0.1, -0.05) is 23.7 Å². The molecule has 0 spiro atoms. The standard InChI is InChI=1S/C15H14ClNO3/c1-19-11-6-3-5-10(9-11)17-15(18)12-7-4-8-13(20-2)14(12)16/h3-9H,1-2H3,(H,17,18). The summed E-state index contributed by atoms with van der Waals surface area (Å²) in [4.78, 5) is 12.2. The molecule has 0 saturated heterocycles. The van der Waals surface area contributed by atoms with E-state index in [4.69, 9.17) is 21.1 Å². The Bertz CT molecular complexity index is 628. The minimum Gasteiger partial charge on any atom is -0.497 e. The van der Waals surface area contributed by atoms with Gasteiger partial charge in [0, 0.05) is 11.8 Å². The first-order valence-electron chi connectivity index (χ1n) is 5.93. The molecule has 0 unspecified atom stereocenters. The van der Waals surface area contributed by atoms with E-state index in [0.717, 1.165) is 0 Å². The summed E-state index contributed by atoms with van der Waals surface area (Å²) >= 11 is 6.12. The molecule has 0 saturated carbocycles. The number of anilines is 1. The van der Waals surface area contributed by atoms with Crippen LogP contribution in [-0.4, -0.2) is 20.1 Å². The maximum absolute atomic E-state index is 12.2. The summed E-state index contributed by atoms with van der Waals surface area (Å²) in [6.07, 6.45) is 0. The quantitative estimate of drug-likeness (QED) is 0.936. The molecule has 0 aromatic heterocycles. The van der Waals surface area contributed by atoms with E-state index in [9.17, 15) is 4.79 Å². The van der Waals surface area contributed by atoms with Gasteiger partial charge >= 0.3 is 0 Å². The van der Waals surface area contributed by atoms with Crippen molar-refractivity contribution in [1.82, 2.24) is 0 Å². The number of nitrogens with one attached hydrogen (secondary N) is 1. The van der Waals surface area contributed by atoms with Crippen molar-refractivity contribution in [1.29, 1.82) is 0 Å².